The summed E-state index contributed by atoms with van der Waals surface area (Å²) < 4.78 is 30.2. The summed E-state index contributed by atoms with van der Waals surface area (Å²) in [7, 11) is 0. The molecule has 0 aliphatic rings. The fourth-order valence-corrected chi connectivity index (χ4v) is 0.740. The van der Waals surface area contributed by atoms with Crippen LogP contribution in [-0.2, 0) is 11.2 Å². The van der Waals surface area contributed by atoms with E-state index >= 15 is 0 Å². The van der Waals surface area contributed by atoms with Crippen LogP contribution in [0.2, 0.25) is 0 Å². The first-order valence-electron chi connectivity index (χ1n) is 5.74. The molecule has 3 heteroatoms. The van der Waals surface area contributed by atoms with Gasteiger partial charge in [0.25, 0.3) is 0 Å². The molecule has 3 nitrogen and oxygen atoms in total. The van der Waals surface area contributed by atoms with Crippen LogP contribution in [0.4, 0.5) is 0 Å². The van der Waals surface area contributed by atoms with Crippen molar-refractivity contribution in [3.8, 4) is 5.75 Å². The molecule has 0 spiro atoms. The Morgan fingerprint density at radius 3 is 2.77 bits per heavy atom. The monoisotopic (exact) mass is 183 g/mol. The van der Waals surface area contributed by atoms with E-state index in [4.69, 9.17) is 11.2 Å². The van der Waals surface area contributed by atoms with Gasteiger partial charge in [-0.05, 0) is 30.9 Å². The maximum absolute atomic E-state index is 11.1. The van der Waals surface area contributed by atoms with Crippen molar-refractivity contribution in [2.75, 3.05) is 0 Å². The van der Waals surface area contributed by atoms with Gasteiger partial charge >= 0.3 is 0 Å². The zero-order chi connectivity index (χ0) is 13.4. The number of phenols is 1. The lowest BCUT2D eigenvalue weighted by atomic mass is 10.0. The van der Waals surface area contributed by atoms with Crippen LogP contribution in [0, 0.1) is 0 Å². The van der Waals surface area contributed by atoms with Crippen LogP contribution in [0.3, 0.4) is 0 Å². The molecule has 1 aromatic rings. The number of Topliss-reactive ketones (excluding diaryl/α,β-unsaturated/α-hetero) is 1. The summed E-state index contributed by atoms with van der Waals surface area (Å²) in [6.07, 6.45) is -2.18. The molecule has 1 atom stereocenters. The van der Waals surface area contributed by atoms with Crippen LogP contribution in [0.25, 0.3) is 0 Å². The third-order valence-electron chi connectivity index (χ3n) is 1.49. The van der Waals surface area contributed by atoms with E-state index in [-0.39, 0.29) is 17.6 Å². The first-order valence-corrected chi connectivity index (χ1v) is 3.74. The lowest BCUT2D eigenvalue weighted by Gasteiger charge is -2.07. The standard InChI is InChI=1S/C10H13NO2/c1-7(12)10(11)6-8-2-4-9(13)5-3-8/h2-5,10,13H,6,11H2,1H3/t10-/m0/s1/i4D,5D,6D2. The van der Waals surface area contributed by atoms with Gasteiger partial charge < -0.3 is 10.8 Å². The van der Waals surface area contributed by atoms with Crippen molar-refractivity contribution in [1.29, 1.82) is 0 Å². The van der Waals surface area contributed by atoms with Crippen molar-refractivity contribution in [2.45, 2.75) is 19.3 Å². The predicted octanol–water partition coefficient (Wildman–Crippen LogP) is 0.851. The highest BCUT2D eigenvalue weighted by atomic mass is 16.3. The Hall–Kier alpha value is -1.35. The van der Waals surface area contributed by atoms with Gasteiger partial charge in [0.1, 0.15) is 11.5 Å². The van der Waals surface area contributed by atoms with E-state index in [1.807, 2.05) is 0 Å². The molecule has 0 saturated heterocycles. The third-order valence-corrected chi connectivity index (χ3v) is 1.49. The van der Waals surface area contributed by atoms with E-state index in [9.17, 15) is 9.90 Å². The Balaban J connectivity index is 3.29. The summed E-state index contributed by atoms with van der Waals surface area (Å²) in [5, 5.41) is 9.25. The molecule has 3 N–H and O–H groups in total. The molecule has 0 unspecified atom stereocenters. The van der Waals surface area contributed by atoms with Gasteiger partial charge in [-0.1, -0.05) is 12.1 Å². The molecule has 0 saturated carbocycles. The minimum absolute atomic E-state index is 0.0620. The molecule has 13 heavy (non-hydrogen) atoms. The summed E-state index contributed by atoms with van der Waals surface area (Å²) in [5.74, 6) is -1.05. The molecule has 1 aromatic carbocycles. The number of hydrogen-bond acceptors (Lipinski definition) is 3. The van der Waals surface area contributed by atoms with Gasteiger partial charge in [-0.2, -0.15) is 0 Å². The normalized spacial score (nSPS) is 18.0. The maximum Gasteiger partial charge on any atom is 0.146 e. The summed E-state index contributed by atoms with van der Waals surface area (Å²) in [4.78, 5) is 11.1. The molecule has 0 radical (unpaired) electrons. The average molecular weight is 183 g/mol. The van der Waals surface area contributed by atoms with E-state index in [2.05, 4.69) is 0 Å². The number of aromatic hydroxyl groups is 1. The van der Waals surface area contributed by atoms with E-state index in [0.29, 0.717) is 0 Å². The topological polar surface area (TPSA) is 63.3 Å². The molecule has 0 fully saturated rings. The van der Waals surface area contributed by atoms with Gasteiger partial charge in [0.05, 0.1) is 8.78 Å². The van der Waals surface area contributed by atoms with Crippen molar-refractivity contribution in [1.82, 2.24) is 0 Å². The number of carbonyl (C=O) groups is 1. The molecular weight excluding hydrogens is 166 g/mol. The fourth-order valence-electron chi connectivity index (χ4n) is 0.740. The highest BCUT2D eigenvalue weighted by Crippen LogP contribution is 2.10. The average Bonchev–Trinajstić information content (AvgIpc) is 2.23. The zero-order valence-corrected chi connectivity index (χ0v) is 7.16. The van der Waals surface area contributed by atoms with Crippen molar-refractivity contribution in [3.05, 3.63) is 29.8 Å². The van der Waals surface area contributed by atoms with Crippen LogP contribution in [-0.4, -0.2) is 16.9 Å². The molecule has 0 aliphatic heterocycles. The van der Waals surface area contributed by atoms with Gasteiger partial charge in [0.2, 0.25) is 0 Å². The Morgan fingerprint density at radius 2 is 2.31 bits per heavy atom. The summed E-state index contributed by atoms with van der Waals surface area (Å²) in [5.41, 5.74) is 5.39. The van der Waals surface area contributed by atoms with Gasteiger partial charge in [-0.25, -0.2) is 0 Å². The molecule has 70 valence electrons. The lowest BCUT2D eigenvalue weighted by Crippen LogP contribution is -2.30. The number of phenolic OH excluding ortho intramolecular Hbond substituents is 1. The van der Waals surface area contributed by atoms with E-state index in [1.54, 1.807) is 0 Å². The van der Waals surface area contributed by atoms with Crippen molar-refractivity contribution < 1.29 is 15.4 Å². The second kappa shape index (κ2) is 4.05. The van der Waals surface area contributed by atoms with Crippen LogP contribution < -0.4 is 5.73 Å². The number of hydrogen-bond donors (Lipinski definition) is 2. The molecule has 0 aromatic heterocycles. The van der Waals surface area contributed by atoms with E-state index in [1.165, 1.54) is 6.92 Å². The maximum atomic E-state index is 11.1. The fraction of sp³-hybridized carbons (Fsp3) is 0.300. The number of rotatable bonds is 3. The Bertz CT molecular complexity index is 439. The number of benzene rings is 1. The quantitative estimate of drug-likeness (QED) is 0.730. The molecule has 1 rings (SSSR count). The van der Waals surface area contributed by atoms with Crippen LogP contribution >= 0.6 is 0 Å². The zero-order valence-electron chi connectivity index (χ0n) is 11.2. The summed E-state index contributed by atoms with van der Waals surface area (Å²) in [6.45, 7) is 1.17. The third kappa shape index (κ3) is 2.87. The second-order valence-electron chi connectivity index (χ2n) is 2.61. The molecule has 0 amide bonds. The highest BCUT2D eigenvalue weighted by molar-refractivity contribution is 5.81. The number of carbonyl (C=O) groups excluding carboxylic acids is 1. The molecule has 0 bridgehead atoms. The minimum Gasteiger partial charge on any atom is -0.508 e. The van der Waals surface area contributed by atoms with E-state index < -0.39 is 23.9 Å². The largest absolute Gasteiger partial charge is 0.508 e. The smallest absolute Gasteiger partial charge is 0.146 e. The van der Waals surface area contributed by atoms with Crippen LogP contribution in [0.1, 0.15) is 18.0 Å². The van der Waals surface area contributed by atoms with Gasteiger partial charge in [-0.15, -0.1) is 0 Å². The van der Waals surface area contributed by atoms with E-state index in [0.717, 1.165) is 12.1 Å². The first-order chi connectivity index (χ1) is 7.67. The second-order valence-corrected chi connectivity index (χ2v) is 2.61. The molecule has 0 aliphatic carbocycles. The van der Waals surface area contributed by atoms with Crippen molar-refractivity contribution in [3.63, 3.8) is 0 Å². The Morgan fingerprint density at radius 1 is 1.77 bits per heavy atom. The van der Waals surface area contributed by atoms with Gasteiger partial charge in [0, 0.05) is 2.74 Å². The van der Waals surface area contributed by atoms with Crippen molar-refractivity contribution >= 4 is 5.78 Å². The van der Waals surface area contributed by atoms with Gasteiger partial charge in [0.15, 0.2) is 0 Å². The highest BCUT2D eigenvalue weighted by Gasteiger charge is 2.08. The predicted molar refractivity (Wildman–Crippen MR) is 50.5 cm³/mol. The number of nitrogens with two attached hydrogens (primary N) is 1. The Kier molecular flexibility index (Phi) is 1.68. The number of ketones is 1. The lowest BCUT2D eigenvalue weighted by molar-refractivity contribution is -0.118. The van der Waals surface area contributed by atoms with Gasteiger partial charge in [-0.3, -0.25) is 4.79 Å². The first kappa shape index (κ1) is 5.40. The summed E-state index contributed by atoms with van der Waals surface area (Å²) in [6, 6.07) is 0.0249. The van der Waals surface area contributed by atoms with Crippen molar-refractivity contribution in [2.24, 2.45) is 5.73 Å². The molecule has 0 heterocycles. The summed E-state index contributed by atoms with van der Waals surface area (Å²) >= 11 is 0. The SMILES string of the molecule is [2H]c1cc(C([2H])([2H])[C@H](N)C(C)=O)cc([2H])c1O. The minimum atomic E-state index is -2.18. The Labute approximate surface area is 82.8 Å². The molecular formula is C10H13NO2. The van der Waals surface area contributed by atoms with Crippen LogP contribution in [0.15, 0.2) is 24.2 Å². The van der Waals surface area contributed by atoms with Crippen LogP contribution in [0.5, 0.6) is 5.75 Å².